The summed E-state index contributed by atoms with van der Waals surface area (Å²) in [6, 6.07) is 0. The fourth-order valence-corrected chi connectivity index (χ4v) is 2.62. The van der Waals surface area contributed by atoms with Crippen LogP contribution >= 0.6 is 0 Å². The molecule has 0 N–H and O–H groups in total. The van der Waals surface area contributed by atoms with Crippen molar-refractivity contribution in [1.29, 1.82) is 0 Å². The molecule has 1 aromatic rings. The molecule has 0 atom stereocenters. The Kier molecular flexibility index (Phi) is 5.86. The van der Waals surface area contributed by atoms with Gasteiger partial charge in [0.2, 0.25) is 5.91 Å². The summed E-state index contributed by atoms with van der Waals surface area (Å²) in [6.07, 6.45) is 7.01. The van der Waals surface area contributed by atoms with E-state index < -0.39 is 0 Å². The highest BCUT2D eigenvalue weighted by Crippen LogP contribution is 2.16. The first-order valence-corrected chi connectivity index (χ1v) is 7.95. The maximum absolute atomic E-state index is 12.3. The molecule has 0 saturated carbocycles. The van der Waals surface area contributed by atoms with Gasteiger partial charge >= 0.3 is 0 Å². The van der Waals surface area contributed by atoms with Crippen LogP contribution in [-0.4, -0.2) is 57.8 Å². The fraction of sp³-hybridized carbons (Fsp3) is 0.625. The Bertz CT molecular complexity index is 498. The zero-order valence-electron chi connectivity index (χ0n) is 13.4. The number of rotatable bonds is 5. The van der Waals surface area contributed by atoms with E-state index in [1.165, 1.54) is 18.6 Å². The van der Waals surface area contributed by atoms with Gasteiger partial charge in [-0.2, -0.15) is 0 Å². The summed E-state index contributed by atoms with van der Waals surface area (Å²) >= 11 is 0. The highest BCUT2D eigenvalue weighted by atomic mass is 16.2. The second-order valence-corrected chi connectivity index (χ2v) is 5.79. The van der Waals surface area contributed by atoms with Gasteiger partial charge < -0.3 is 9.80 Å². The van der Waals surface area contributed by atoms with Crippen LogP contribution in [0.15, 0.2) is 18.6 Å². The molecule has 1 aliphatic heterocycles. The number of aromatic nitrogens is 2. The number of likely N-dealkylation sites (tertiary alicyclic amines) is 1. The highest BCUT2D eigenvalue weighted by molar-refractivity contribution is 5.92. The van der Waals surface area contributed by atoms with Crippen molar-refractivity contribution in [2.45, 2.75) is 33.1 Å². The molecule has 0 aliphatic carbocycles. The van der Waals surface area contributed by atoms with Gasteiger partial charge in [-0.15, -0.1) is 0 Å². The molecule has 1 aromatic heterocycles. The zero-order valence-corrected chi connectivity index (χ0v) is 13.4. The predicted molar refractivity (Wildman–Crippen MR) is 83.2 cm³/mol. The Balaban J connectivity index is 1.85. The standard InChI is InChI=1S/C16H24N4O2/c1-3-19(16(22)14-12-17-7-8-18-14)11-6-15(21)20-9-4-13(2)5-10-20/h7-8,12-13H,3-6,9-11H2,1-2H3. The van der Waals surface area contributed by atoms with Crippen molar-refractivity contribution in [2.75, 3.05) is 26.2 Å². The molecule has 6 nitrogen and oxygen atoms in total. The number of amides is 2. The Morgan fingerprint density at radius 3 is 2.64 bits per heavy atom. The summed E-state index contributed by atoms with van der Waals surface area (Å²) in [5.74, 6) is 0.669. The minimum atomic E-state index is -0.171. The Morgan fingerprint density at radius 1 is 1.32 bits per heavy atom. The molecule has 0 spiro atoms. The van der Waals surface area contributed by atoms with E-state index in [1.807, 2.05) is 11.8 Å². The smallest absolute Gasteiger partial charge is 0.274 e. The third-order valence-corrected chi connectivity index (χ3v) is 4.18. The third kappa shape index (κ3) is 4.26. The largest absolute Gasteiger partial charge is 0.343 e. The van der Waals surface area contributed by atoms with Crippen LogP contribution in [0, 0.1) is 5.92 Å². The lowest BCUT2D eigenvalue weighted by Crippen LogP contribution is -2.40. The van der Waals surface area contributed by atoms with E-state index in [0.29, 0.717) is 31.1 Å². The van der Waals surface area contributed by atoms with Crippen molar-refractivity contribution < 1.29 is 9.59 Å². The first kappa shape index (κ1) is 16.4. The van der Waals surface area contributed by atoms with E-state index in [0.717, 1.165) is 25.9 Å². The molecule has 120 valence electrons. The van der Waals surface area contributed by atoms with Gasteiger partial charge in [0.05, 0.1) is 6.20 Å². The zero-order chi connectivity index (χ0) is 15.9. The summed E-state index contributed by atoms with van der Waals surface area (Å²) in [6.45, 7) is 6.78. The minimum absolute atomic E-state index is 0.136. The predicted octanol–water partition coefficient (Wildman–Crippen LogP) is 1.59. The maximum atomic E-state index is 12.3. The molecule has 0 unspecified atom stereocenters. The summed E-state index contributed by atoms with van der Waals surface area (Å²) < 4.78 is 0. The van der Waals surface area contributed by atoms with E-state index in [9.17, 15) is 9.59 Å². The van der Waals surface area contributed by atoms with Gasteiger partial charge in [0, 0.05) is 45.0 Å². The second-order valence-electron chi connectivity index (χ2n) is 5.79. The van der Waals surface area contributed by atoms with Crippen LogP contribution in [0.25, 0.3) is 0 Å². The maximum Gasteiger partial charge on any atom is 0.274 e. The highest BCUT2D eigenvalue weighted by Gasteiger charge is 2.22. The molecule has 2 rings (SSSR count). The summed E-state index contributed by atoms with van der Waals surface area (Å²) in [7, 11) is 0. The molecule has 2 amide bonds. The molecule has 1 saturated heterocycles. The van der Waals surface area contributed by atoms with Crippen molar-refractivity contribution in [3.8, 4) is 0 Å². The molecule has 0 bridgehead atoms. The van der Waals surface area contributed by atoms with Crippen LogP contribution in [-0.2, 0) is 4.79 Å². The van der Waals surface area contributed by atoms with E-state index in [2.05, 4.69) is 16.9 Å². The molecule has 0 radical (unpaired) electrons. The summed E-state index contributed by atoms with van der Waals surface area (Å²) in [5, 5.41) is 0. The van der Waals surface area contributed by atoms with E-state index >= 15 is 0 Å². The SMILES string of the molecule is CCN(CCC(=O)N1CCC(C)CC1)C(=O)c1cnccn1. The van der Waals surface area contributed by atoms with Gasteiger partial charge in [0.1, 0.15) is 5.69 Å². The first-order valence-electron chi connectivity index (χ1n) is 7.95. The van der Waals surface area contributed by atoms with E-state index in [1.54, 1.807) is 4.90 Å². The molecular formula is C16H24N4O2. The lowest BCUT2D eigenvalue weighted by molar-refractivity contribution is -0.132. The summed E-state index contributed by atoms with van der Waals surface area (Å²) in [5.41, 5.74) is 0.323. The molecule has 1 aliphatic rings. The second kappa shape index (κ2) is 7.87. The third-order valence-electron chi connectivity index (χ3n) is 4.18. The quantitative estimate of drug-likeness (QED) is 0.828. The van der Waals surface area contributed by atoms with Crippen LogP contribution in [0.2, 0.25) is 0 Å². The normalized spacial score (nSPS) is 15.6. The molecule has 2 heterocycles. The number of hydrogen-bond acceptors (Lipinski definition) is 4. The topological polar surface area (TPSA) is 66.4 Å². The Labute approximate surface area is 131 Å². The van der Waals surface area contributed by atoms with Crippen LogP contribution in [0.3, 0.4) is 0 Å². The lowest BCUT2D eigenvalue weighted by Gasteiger charge is -2.31. The summed E-state index contributed by atoms with van der Waals surface area (Å²) in [4.78, 5) is 36.1. The van der Waals surface area contributed by atoms with Gasteiger partial charge in [-0.05, 0) is 25.7 Å². The van der Waals surface area contributed by atoms with Crippen LogP contribution < -0.4 is 0 Å². The lowest BCUT2D eigenvalue weighted by atomic mass is 9.99. The van der Waals surface area contributed by atoms with Crippen molar-refractivity contribution in [3.05, 3.63) is 24.3 Å². The van der Waals surface area contributed by atoms with E-state index in [4.69, 9.17) is 0 Å². The average molecular weight is 304 g/mol. The molecular weight excluding hydrogens is 280 g/mol. The van der Waals surface area contributed by atoms with Crippen molar-refractivity contribution in [3.63, 3.8) is 0 Å². The number of carbonyl (C=O) groups is 2. The number of piperidine rings is 1. The number of carbonyl (C=O) groups excluding carboxylic acids is 2. The van der Waals surface area contributed by atoms with Gasteiger partial charge in [0.25, 0.3) is 5.91 Å². The fourth-order valence-electron chi connectivity index (χ4n) is 2.62. The van der Waals surface area contributed by atoms with Gasteiger partial charge in [-0.1, -0.05) is 6.92 Å². The van der Waals surface area contributed by atoms with Crippen LogP contribution in [0.1, 0.15) is 43.6 Å². The van der Waals surface area contributed by atoms with Gasteiger partial charge in [-0.25, -0.2) is 4.98 Å². The van der Waals surface area contributed by atoms with Gasteiger partial charge in [-0.3, -0.25) is 14.6 Å². The Morgan fingerprint density at radius 2 is 2.05 bits per heavy atom. The number of hydrogen-bond donors (Lipinski definition) is 0. The Hall–Kier alpha value is -1.98. The monoisotopic (exact) mass is 304 g/mol. The minimum Gasteiger partial charge on any atom is -0.343 e. The molecule has 6 heteroatoms. The number of nitrogens with zero attached hydrogens (tertiary/aromatic N) is 4. The molecule has 0 aromatic carbocycles. The van der Waals surface area contributed by atoms with E-state index in [-0.39, 0.29) is 11.8 Å². The van der Waals surface area contributed by atoms with Crippen LogP contribution in [0.4, 0.5) is 0 Å². The van der Waals surface area contributed by atoms with Crippen molar-refractivity contribution in [2.24, 2.45) is 5.92 Å². The van der Waals surface area contributed by atoms with Crippen molar-refractivity contribution in [1.82, 2.24) is 19.8 Å². The average Bonchev–Trinajstić information content (AvgIpc) is 2.56. The first-order chi connectivity index (χ1) is 10.6. The molecule has 22 heavy (non-hydrogen) atoms. The van der Waals surface area contributed by atoms with Gasteiger partial charge in [0.15, 0.2) is 0 Å². The van der Waals surface area contributed by atoms with Crippen molar-refractivity contribution >= 4 is 11.8 Å². The molecule has 1 fully saturated rings. The van der Waals surface area contributed by atoms with Crippen LogP contribution in [0.5, 0.6) is 0 Å².